The molecule has 0 spiro atoms. The van der Waals surface area contributed by atoms with E-state index in [9.17, 15) is 18.0 Å². The quantitative estimate of drug-likeness (QED) is 0.660. The minimum absolute atomic E-state index is 0. The molecule has 10 heteroatoms. The molecule has 0 unspecified atom stereocenters. The van der Waals surface area contributed by atoms with Gasteiger partial charge in [0.15, 0.2) is 0 Å². The molecular formula is C18H29ClN4O4S. The van der Waals surface area contributed by atoms with Crippen LogP contribution in [0, 0.1) is 0 Å². The predicted octanol–water partition coefficient (Wildman–Crippen LogP) is 0.689. The van der Waals surface area contributed by atoms with Crippen molar-refractivity contribution in [2.75, 3.05) is 39.3 Å². The average molecular weight is 433 g/mol. The Morgan fingerprint density at radius 1 is 1.18 bits per heavy atom. The molecule has 0 aromatic heterocycles. The smallest absolute Gasteiger partial charge is 0.251 e. The molecule has 158 valence electrons. The van der Waals surface area contributed by atoms with Gasteiger partial charge in [0.25, 0.3) is 5.91 Å². The van der Waals surface area contributed by atoms with Crippen LogP contribution in [0.2, 0.25) is 0 Å². The van der Waals surface area contributed by atoms with Crippen molar-refractivity contribution in [3.8, 4) is 0 Å². The number of likely N-dealkylation sites (N-methyl/N-ethyl adjacent to an activating group) is 1. The van der Waals surface area contributed by atoms with Gasteiger partial charge >= 0.3 is 0 Å². The van der Waals surface area contributed by atoms with Crippen LogP contribution in [-0.2, 0) is 14.8 Å². The number of halogens is 1. The van der Waals surface area contributed by atoms with Crippen LogP contribution in [0.1, 0.15) is 31.1 Å². The summed E-state index contributed by atoms with van der Waals surface area (Å²) in [5.41, 5.74) is 0.308. The maximum absolute atomic E-state index is 12.9. The van der Waals surface area contributed by atoms with Crippen LogP contribution in [0.5, 0.6) is 0 Å². The van der Waals surface area contributed by atoms with Gasteiger partial charge in [-0.05, 0) is 31.7 Å². The minimum Gasteiger partial charge on any atom is -0.350 e. The van der Waals surface area contributed by atoms with E-state index in [1.807, 2.05) is 13.8 Å². The van der Waals surface area contributed by atoms with Gasteiger partial charge in [-0.25, -0.2) is 8.42 Å². The van der Waals surface area contributed by atoms with Crippen LogP contribution in [0.15, 0.2) is 29.2 Å². The van der Waals surface area contributed by atoms with E-state index in [1.54, 1.807) is 17.0 Å². The van der Waals surface area contributed by atoms with Gasteiger partial charge < -0.3 is 15.5 Å². The Morgan fingerprint density at radius 2 is 1.82 bits per heavy atom. The Kier molecular flexibility index (Phi) is 9.35. The Morgan fingerprint density at radius 3 is 2.39 bits per heavy atom. The molecule has 1 fully saturated rings. The van der Waals surface area contributed by atoms with E-state index < -0.39 is 10.0 Å². The number of sulfonamides is 1. The third-order valence-electron chi connectivity index (χ3n) is 4.54. The van der Waals surface area contributed by atoms with Crippen LogP contribution >= 0.6 is 12.4 Å². The standard InChI is InChI=1S/C18H28N4O4S.ClH/c1-4-19-14(2)13-20-18(24)16-6-5-7-17(12-16)27(25,26)22-10-8-21(9-11-22)15(3)23;/h5-7,12,14,19H,4,8-11,13H2,1-3H3,(H,20,24);1H/t14-;/m1./s1. The van der Waals surface area contributed by atoms with Gasteiger partial charge in [-0.15, -0.1) is 12.4 Å². The first kappa shape index (κ1) is 24.4. The Bertz CT molecular complexity index is 780. The van der Waals surface area contributed by atoms with Crippen molar-refractivity contribution >= 4 is 34.2 Å². The zero-order chi connectivity index (χ0) is 20.0. The van der Waals surface area contributed by atoms with E-state index in [0.29, 0.717) is 25.2 Å². The van der Waals surface area contributed by atoms with E-state index in [1.165, 1.54) is 23.4 Å². The Balaban J connectivity index is 0.00000392. The summed E-state index contributed by atoms with van der Waals surface area (Å²) in [6.45, 7) is 7.93. The van der Waals surface area contributed by atoms with E-state index in [0.717, 1.165) is 6.54 Å². The van der Waals surface area contributed by atoms with Gasteiger partial charge in [0.2, 0.25) is 15.9 Å². The molecular weight excluding hydrogens is 404 g/mol. The first-order valence-corrected chi connectivity index (χ1v) is 10.6. The summed E-state index contributed by atoms with van der Waals surface area (Å²) >= 11 is 0. The summed E-state index contributed by atoms with van der Waals surface area (Å²) in [5.74, 6) is -0.365. The molecule has 2 N–H and O–H groups in total. The molecule has 1 aliphatic heterocycles. The summed E-state index contributed by atoms with van der Waals surface area (Å²) in [6, 6.07) is 6.19. The molecule has 1 aromatic rings. The molecule has 0 bridgehead atoms. The highest BCUT2D eigenvalue weighted by Crippen LogP contribution is 2.19. The van der Waals surface area contributed by atoms with E-state index in [4.69, 9.17) is 0 Å². The Hall–Kier alpha value is -1.68. The monoisotopic (exact) mass is 432 g/mol. The molecule has 1 aromatic carbocycles. The number of piperazine rings is 1. The van der Waals surface area contributed by atoms with Crippen molar-refractivity contribution in [2.45, 2.75) is 31.7 Å². The van der Waals surface area contributed by atoms with Gasteiger partial charge in [0, 0.05) is 51.3 Å². The second-order valence-corrected chi connectivity index (χ2v) is 8.54. The Labute approximate surface area is 173 Å². The molecule has 2 rings (SSSR count). The highest BCUT2D eigenvalue weighted by atomic mass is 35.5. The lowest BCUT2D eigenvalue weighted by Gasteiger charge is -2.33. The van der Waals surface area contributed by atoms with Gasteiger partial charge in [-0.2, -0.15) is 4.31 Å². The van der Waals surface area contributed by atoms with Gasteiger partial charge in [0.05, 0.1) is 4.90 Å². The summed E-state index contributed by atoms with van der Waals surface area (Å²) in [5, 5.41) is 6.00. The van der Waals surface area contributed by atoms with Crippen molar-refractivity contribution in [2.24, 2.45) is 0 Å². The van der Waals surface area contributed by atoms with Crippen molar-refractivity contribution in [1.82, 2.24) is 19.8 Å². The molecule has 8 nitrogen and oxygen atoms in total. The average Bonchev–Trinajstić information content (AvgIpc) is 2.66. The molecule has 1 heterocycles. The summed E-state index contributed by atoms with van der Waals surface area (Å²) in [4.78, 5) is 25.5. The third-order valence-corrected chi connectivity index (χ3v) is 6.43. The fourth-order valence-corrected chi connectivity index (χ4v) is 4.43. The molecule has 1 aliphatic rings. The molecule has 1 saturated heterocycles. The van der Waals surface area contributed by atoms with Crippen LogP contribution in [-0.4, -0.2) is 74.7 Å². The number of rotatable bonds is 7. The molecule has 0 saturated carbocycles. The lowest BCUT2D eigenvalue weighted by atomic mass is 10.2. The first-order chi connectivity index (χ1) is 12.8. The number of carbonyl (C=O) groups is 2. The SMILES string of the molecule is CCN[C@H](C)CNC(=O)c1cccc(S(=O)(=O)N2CCN(C(C)=O)CC2)c1.Cl. The summed E-state index contributed by atoms with van der Waals surface area (Å²) in [7, 11) is -3.70. The number of nitrogens with zero attached hydrogens (tertiary/aromatic N) is 2. The fourth-order valence-electron chi connectivity index (χ4n) is 2.96. The maximum atomic E-state index is 12.9. The molecule has 28 heavy (non-hydrogen) atoms. The topological polar surface area (TPSA) is 98.8 Å². The number of nitrogens with one attached hydrogen (secondary N) is 2. The van der Waals surface area contributed by atoms with E-state index in [-0.39, 0.29) is 48.2 Å². The molecule has 0 radical (unpaired) electrons. The third kappa shape index (κ3) is 6.16. The summed E-state index contributed by atoms with van der Waals surface area (Å²) in [6.07, 6.45) is 0. The van der Waals surface area contributed by atoms with Gasteiger partial charge in [-0.3, -0.25) is 9.59 Å². The van der Waals surface area contributed by atoms with Crippen molar-refractivity contribution in [3.63, 3.8) is 0 Å². The maximum Gasteiger partial charge on any atom is 0.251 e. The fraction of sp³-hybridized carbons (Fsp3) is 0.556. The second-order valence-electron chi connectivity index (χ2n) is 6.61. The van der Waals surface area contributed by atoms with Crippen LogP contribution in [0.3, 0.4) is 0 Å². The zero-order valence-corrected chi connectivity index (χ0v) is 18.1. The van der Waals surface area contributed by atoms with Gasteiger partial charge in [0.1, 0.15) is 0 Å². The highest BCUT2D eigenvalue weighted by molar-refractivity contribution is 7.89. The first-order valence-electron chi connectivity index (χ1n) is 9.13. The number of amides is 2. The molecule has 1 atom stereocenters. The lowest BCUT2D eigenvalue weighted by molar-refractivity contribution is -0.129. The largest absolute Gasteiger partial charge is 0.350 e. The van der Waals surface area contributed by atoms with Crippen LogP contribution in [0.4, 0.5) is 0 Å². The van der Waals surface area contributed by atoms with Crippen molar-refractivity contribution < 1.29 is 18.0 Å². The van der Waals surface area contributed by atoms with Crippen LogP contribution in [0.25, 0.3) is 0 Å². The highest BCUT2D eigenvalue weighted by Gasteiger charge is 2.29. The predicted molar refractivity (Wildman–Crippen MR) is 110 cm³/mol. The molecule has 2 amide bonds. The minimum atomic E-state index is -3.70. The van der Waals surface area contributed by atoms with E-state index in [2.05, 4.69) is 10.6 Å². The number of benzene rings is 1. The zero-order valence-electron chi connectivity index (χ0n) is 16.5. The van der Waals surface area contributed by atoms with Gasteiger partial charge in [-0.1, -0.05) is 13.0 Å². The van der Waals surface area contributed by atoms with Crippen LogP contribution < -0.4 is 10.6 Å². The second kappa shape index (κ2) is 10.8. The lowest BCUT2D eigenvalue weighted by Crippen LogP contribution is -2.49. The van der Waals surface area contributed by atoms with Crippen molar-refractivity contribution in [3.05, 3.63) is 29.8 Å². The normalized spacial score (nSPS) is 16.2. The molecule has 0 aliphatic carbocycles. The van der Waals surface area contributed by atoms with E-state index >= 15 is 0 Å². The van der Waals surface area contributed by atoms with Crippen molar-refractivity contribution in [1.29, 1.82) is 0 Å². The summed E-state index contributed by atoms with van der Waals surface area (Å²) < 4.78 is 27.1. The number of hydrogen-bond donors (Lipinski definition) is 2. The number of carbonyl (C=O) groups excluding carboxylic acids is 2. The number of hydrogen-bond acceptors (Lipinski definition) is 5.